The first-order chi connectivity index (χ1) is 9.06. The van der Waals surface area contributed by atoms with Crippen molar-refractivity contribution in [3.05, 3.63) is 58.6 Å². The molecule has 3 N–H and O–H groups in total. The van der Waals surface area contributed by atoms with Crippen LogP contribution in [0.2, 0.25) is 5.02 Å². The van der Waals surface area contributed by atoms with Gasteiger partial charge in [-0.15, -0.1) is 0 Å². The highest BCUT2D eigenvalue weighted by molar-refractivity contribution is 6.30. The predicted octanol–water partition coefficient (Wildman–Crippen LogP) is 3.64. The molecule has 1 atom stereocenters. The number of phenolic OH excluding ortho intramolecular Hbond substituents is 1. The summed E-state index contributed by atoms with van der Waals surface area (Å²) in [5.74, 6) is 0.971. The molecule has 100 valence electrons. The smallest absolute Gasteiger partial charge is 0.124 e. The molecule has 0 unspecified atom stereocenters. The van der Waals surface area contributed by atoms with E-state index in [0.717, 1.165) is 16.9 Å². The maximum absolute atomic E-state index is 9.22. The molecule has 0 aromatic heterocycles. The lowest BCUT2D eigenvalue weighted by atomic mass is 10.1. The first-order valence-corrected chi connectivity index (χ1v) is 6.40. The van der Waals surface area contributed by atoms with Gasteiger partial charge in [0.15, 0.2) is 0 Å². The van der Waals surface area contributed by atoms with E-state index in [1.807, 2.05) is 31.2 Å². The van der Waals surface area contributed by atoms with Gasteiger partial charge < -0.3 is 15.6 Å². The van der Waals surface area contributed by atoms with Crippen molar-refractivity contribution in [1.29, 1.82) is 0 Å². The molecular formula is C15H16ClNO2. The van der Waals surface area contributed by atoms with Crippen LogP contribution >= 0.6 is 11.6 Å². The van der Waals surface area contributed by atoms with Gasteiger partial charge in [-0.1, -0.05) is 23.7 Å². The average molecular weight is 278 g/mol. The molecule has 0 fully saturated rings. The Morgan fingerprint density at radius 2 is 1.89 bits per heavy atom. The number of phenols is 1. The molecule has 0 heterocycles. The minimum absolute atomic E-state index is 0.145. The van der Waals surface area contributed by atoms with Gasteiger partial charge in [0.25, 0.3) is 0 Å². The number of hydrogen-bond acceptors (Lipinski definition) is 3. The lowest BCUT2D eigenvalue weighted by Crippen LogP contribution is -2.08. The number of ether oxygens (including phenoxy) is 1. The van der Waals surface area contributed by atoms with E-state index in [0.29, 0.717) is 11.6 Å². The summed E-state index contributed by atoms with van der Waals surface area (Å²) in [7, 11) is 0. The van der Waals surface area contributed by atoms with Crippen LogP contribution in [-0.2, 0) is 6.61 Å². The number of benzene rings is 2. The summed E-state index contributed by atoms with van der Waals surface area (Å²) in [6.07, 6.45) is 0. The van der Waals surface area contributed by atoms with Gasteiger partial charge >= 0.3 is 0 Å². The molecule has 2 aromatic rings. The molecule has 2 rings (SSSR count). The molecule has 4 heteroatoms. The van der Waals surface area contributed by atoms with Crippen LogP contribution in [-0.4, -0.2) is 5.11 Å². The van der Waals surface area contributed by atoms with E-state index < -0.39 is 0 Å². The van der Waals surface area contributed by atoms with Crippen LogP contribution in [0.1, 0.15) is 24.1 Å². The Hall–Kier alpha value is -1.71. The fourth-order valence-corrected chi connectivity index (χ4v) is 1.94. The van der Waals surface area contributed by atoms with E-state index in [4.69, 9.17) is 22.1 Å². The van der Waals surface area contributed by atoms with Crippen molar-refractivity contribution in [2.45, 2.75) is 19.6 Å². The molecule has 0 radical (unpaired) electrons. The van der Waals surface area contributed by atoms with Crippen LogP contribution in [0.5, 0.6) is 11.5 Å². The molecule has 0 saturated heterocycles. The van der Waals surface area contributed by atoms with Gasteiger partial charge in [-0.05, 0) is 42.8 Å². The SMILES string of the molecule is C[C@H](N)c1cc(Cl)ccc1OCc1ccc(O)cc1. The van der Waals surface area contributed by atoms with Gasteiger partial charge in [0, 0.05) is 16.6 Å². The molecule has 0 aliphatic carbocycles. The lowest BCUT2D eigenvalue weighted by Gasteiger charge is -2.14. The van der Waals surface area contributed by atoms with Gasteiger partial charge in [0.1, 0.15) is 18.1 Å². The van der Waals surface area contributed by atoms with Crippen LogP contribution in [0.4, 0.5) is 0 Å². The molecule has 0 spiro atoms. The number of halogens is 1. The van der Waals surface area contributed by atoms with Crippen LogP contribution in [0, 0.1) is 0 Å². The maximum atomic E-state index is 9.22. The van der Waals surface area contributed by atoms with Crippen molar-refractivity contribution in [2.24, 2.45) is 5.73 Å². The lowest BCUT2D eigenvalue weighted by molar-refractivity contribution is 0.301. The monoisotopic (exact) mass is 277 g/mol. The Morgan fingerprint density at radius 3 is 2.53 bits per heavy atom. The minimum Gasteiger partial charge on any atom is -0.508 e. The number of rotatable bonds is 4. The topological polar surface area (TPSA) is 55.5 Å². The summed E-state index contributed by atoms with van der Waals surface area (Å²) in [6, 6.07) is 12.2. The van der Waals surface area contributed by atoms with E-state index >= 15 is 0 Å². The van der Waals surface area contributed by atoms with Crippen molar-refractivity contribution in [3.63, 3.8) is 0 Å². The summed E-state index contributed by atoms with van der Waals surface area (Å²) >= 11 is 5.96. The third-order valence-electron chi connectivity index (χ3n) is 2.79. The highest BCUT2D eigenvalue weighted by atomic mass is 35.5. The Labute approximate surface area is 117 Å². The van der Waals surface area contributed by atoms with Gasteiger partial charge in [-0.25, -0.2) is 0 Å². The largest absolute Gasteiger partial charge is 0.508 e. The minimum atomic E-state index is -0.145. The van der Waals surface area contributed by atoms with Crippen molar-refractivity contribution >= 4 is 11.6 Å². The molecule has 2 aromatic carbocycles. The summed E-state index contributed by atoms with van der Waals surface area (Å²) in [6.45, 7) is 2.31. The van der Waals surface area contributed by atoms with E-state index in [2.05, 4.69) is 0 Å². The number of hydrogen-bond donors (Lipinski definition) is 2. The van der Waals surface area contributed by atoms with Crippen LogP contribution in [0.15, 0.2) is 42.5 Å². The fraction of sp³-hybridized carbons (Fsp3) is 0.200. The molecule has 0 aliphatic rings. The Kier molecular flexibility index (Phi) is 4.30. The van der Waals surface area contributed by atoms with Crippen LogP contribution in [0.25, 0.3) is 0 Å². The first kappa shape index (κ1) is 13.7. The Balaban J connectivity index is 2.13. The van der Waals surface area contributed by atoms with Crippen LogP contribution < -0.4 is 10.5 Å². The van der Waals surface area contributed by atoms with Gasteiger partial charge in [-0.2, -0.15) is 0 Å². The van der Waals surface area contributed by atoms with Gasteiger partial charge in [0.05, 0.1) is 0 Å². The zero-order chi connectivity index (χ0) is 13.8. The molecule has 0 saturated carbocycles. The predicted molar refractivity (Wildman–Crippen MR) is 76.5 cm³/mol. The third kappa shape index (κ3) is 3.63. The Morgan fingerprint density at radius 1 is 1.21 bits per heavy atom. The summed E-state index contributed by atoms with van der Waals surface area (Å²) in [5, 5.41) is 9.86. The number of nitrogens with two attached hydrogens (primary N) is 1. The molecular weight excluding hydrogens is 262 g/mol. The first-order valence-electron chi connectivity index (χ1n) is 6.02. The summed E-state index contributed by atoms with van der Waals surface area (Å²) < 4.78 is 5.76. The Bertz CT molecular complexity index is 553. The van der Waals surface area contributed by atoms with Crippen molar-refractivity contribution < 1.29 is 9.84 Å². The molecule has 0 bridgehead atoms. The second kappa shape index (κ2) is 5.95. The third-order valence-corrected chi connectivity index (χ3v) is 3.03. The second-order valence-corrected chi connectivity index (χ2v) is 4.86. The molecule has 0 aliphatic heterocycles. The number of aromatic hydroxyl groups is 1. The van der Waals surface area contributed by atoms with Crippen molar-refractivity contribution in [2.75, 3.05) is 0 Å². The molecule has 3 nitrogen and oxygen atoms in total. The highest BCUT2D eigenvalue weighted by Crippen LogP contribution is 2.28. The molecule has 0 amide bonds. The van der Waals surface area contributed by atoms with E-state index in [1.165, 1.54) is 0 Å². The fourth-order valence-electron chi connectivity index (χ4n) is 1.76. The molecule has 19 heavy (non-hydrogen) atoms. The van der Waals surface area contributed by atoms with E-state index in [-0.39, 0.29) is 11.8 Å². The van der Waals surface area contributed by atoms with E-state index in [1.54, 1.807) is 18.2 Å². The van der Waals surface area contributed by atoms with Crippen molar-refractivity contribution in [3.8, 4) is 11.5 Å². The summed E-state index contributed by atoms with van der Waals surface area (Å²) in [4.78, 5) is 0. The van der Waals surface area contributed by atoms with Gasteiger partial charge in [0.2, 0.25) is 0 Å². The van der Waals surface area contributed by atoms with Gasteiger partial charge in [-0.3, -0.25) is 0 Å². The average Bonchev–Trinajstić information content (AvgIpc) is 2.39. The summed E-state index contributed by atoms with van der Waals surface area (Å²) in [5.41, 5.74) is 7.76. The van der Waals surface area contributed by atoms with Crippen molar-refractivity contribution in [1.82, 2.24) is 0 Å². The second-order valence-electron chi connectivity index (χ2n) is 4.43. The highest BCUT2D eigenvalue weighted by Gasteiger charge is 2.09. The zero-order valence-corrected chi connectivity index (χ0v) is 11.4. The standard InChI is InChI=1S/C15H16ClNO2/c1-10(17)14-8-12(16)4-7-15(14)19-9-11-2-5-13(18)6-3-11/h2-8,10,18H,9,17H2,1H3/t10-/m0/s1. The normalized spacial score (nSPS) is 12.2. The quantitative estimate of drug-likeness (QED) is 0.897. The maximum Gasteiger partial charge on any atom is 0.124 e. The van der Waals surface area contributed by atoms with E-state index in [9.17, 15) is 5.11 Å². The van der Waals surface area contributed by atoms with Crippen LogP contribution in [0.3, 0.4) is 0 Å². The zero-order valence-electron chi connectivity index (χ0n) is 10.6.